The lowest BCUT2D eigenvalue weighted by Crippen LogP contribution is -2.32. The zero-order valence-electron chi connectivity index (χ0n) is 21.4. The van der Waals surface area contributed by atoms with Crippen molar-refractivity contribution in [2.45, 2.75) is 25.3 Å². The second-order valence-corrected chi connectivity index (χ2v) is 9.88. The Hall–Kier alpha value is -4.69. The number of benzene rings is 2. The molecule has 1 aliphatic rings. The molecule has 0 saturated carbocycles. The molecule has 2 aromatic carbocycles. The maximum Gasteiger partial charge on any atom is 0.276 e. The summed E-state index contributed by atoms with van der Waals surface area (Å²) < 4.78 is 7.54. The Bertz CT molecular complexity index is 1690. The molecule has 0 spiro atoms. The number of fused-ring (bicyclic) bond motifs is 1. The molecule has 6 aromatic rings. The van der Waals surface area contributed by atoms with Gasteiger partial charge in [0, 0.05) is 42.2 Å². The predicted molar refractivity (Wildman–Crippen MR) is 149 cm³/mol. The Balaban J connectivity index is 1.04. The molecule has 0 amide bonds. The Morgan fingerprint density at radius 1 is 0.769 bits per heavy atom. The van der Waals surface area contributed by atoms with Gasteiger partial charge in [0.2, 0.25) is 5.78 Å². The van der Waals surface area contributed by atoms with Crippen molar-refractivity contribution in [3.05, 3.63) is 109 Å². The van der Waals surface area contributed by atoms with Gasteiger partial charge in [0.25, 0.3) is 5.89 Å². The first kappa shape index (κ1) is 23.4. The van der Waals surface area contributed by atoms with Crippen LogP contribution in [0.25, 0.3) is 39.9 Å². The van der Waals surface area contributed by atoms with Crippen LogP contribution in [0.4, 0.5) is 0 Å². The number of hydrogen-bond acceptors (Lipinski definition) is 7. The number of hydrogen-bond donors (Lipinski definition) is 0. The van der Waals surface area contributed by atoms with Crippen LogP contribution in [0.2, 0.25) is 0 Å². The van der Waals surface area contributed by atoms with Gasteiger partial charge in [-0.1, -0.05) is 65.8 Å². The molecule has 0 unspecified atom stereocenters. The number of nitrogens with zero attached hydrogens (tertiary/aromatic N) is 7. The largest absolute Gasteiger partial charge is 0.332 e. The maximum atomic E-state index is 5.48. The van der Waals surface area contributed by atoms with Gasteiger partial charge in [0.05, 0.1) is 11.4 Å². The first-order valence-corrected chi connectivity index (χ1v) is 13.3. The standard InChI is InChI=1S/C31H27N7O/c1-2-7-24(8-3-1)28-27(34-31-33-17-6-18-38(28)31)23-12-10-22(11-13-23)21-37-19-14-25(15-20-37)29-35-30(39-36-29)26-9-4-5-16-32-26/h1-13,16-18,25H,14-15,19-21H2. The fourth-order valence-electron chi connectivity index (χ4n) is 5.33. The number of piperidine rings is 1. The number of aromatic nitrogens is 6. The molecule has 4 aromatic heterocycles. The lowest BCUT2D eigenvalue weighted by atomic mass is 9.95. The summed E-state index contributed by atoms with van der Waals surface area (Å²) in [7, 11) is 0. The lowest BCUT2D eigenvalue weighted by Gasteiger charge is -2.30. The molecular formula is C31H27N7O. The Labute approximate surface area is 226 Å². The van der Waals surface area contributed by atoms with Crippen LogP contribution in [0.3, 0.4) is 0 Å². The molecule has 0 bridgehead atoms. The van der Waals surface area contributed by atoms with Gasteiger partial charge in [-0.3, -0.25) is 14.3 Å². The minimum Gasteiger partial charge on any atom is -0.332 e. The molecular weight excluding hydrogens is 486 g/mol. The molecule has 8 nitrogen and oxygen atoms in total. The van der Waals surface area contributed by atoms with E-state index in [9.17, 15) is 0 Å². The van der Waals surface area contributed by atoms with Crippen molar-refractivity contribution in [1.29, 1.82) is 0 Å². The van der Waals surface area contributed by atoms with Crippen LogP contribution in [0.5, 0.6) is 0 Å². The lowest BCUT2D eigenvalue weighted by molar-refractivity contribution is 0.200. The van der Waals surface area contributed by atoms with Crippen molar-refractivity contribution in [3.63, 3.8) is 0 Å². The van der Waals surface area contributed by atoms with Crippen LogP contribution < -0.4 is 0 Å². The van der Waals surface area contributed by atoms with E-state index >= 15 is 0 Å². The third-order valence-corrected chi connectivity index (χ3v) is 7.36. The molecule has 8 heteroatoms. The summed E-state index contributed by atoms with van der Waals surface area (Å²) in [4.78, 5) is 20.8. The Morgan fingerprint density at radius 2 is 1.56 bits per heavy atom. The predicted octanol–water partition coefficient (Wildman–Crippen LogP) is 5.89. The zero-order valence-corrected chi connectivity index (χ0v) is 21.4. The average molecular weight is 514 g/mol. The number of rotatable bonds is 6. The fourth-order valence-corrected chi connectivity index (χ4v) is 5.33. The summed E-state index contributed by atoms with van der Waals surface area (Å²) in [5, 5.41) is 4.25. The highest BCUT2D eigenvalue weighted by molar-refractivity contribution is 5.81. The summed E-state index contributed by atoms with van der Waals surface area (Å²) in [6, 6.07) is 26.8. The molecule has 7 rings (SSSR count). The van der Waals surface area contributed by atoms with E-state index in [1.54, 1.807) is 12.4 Å². The van der Waals surface area contributed by atoms with E-state index in [1.807, 2.05) is 36.5 Å². The van der Waals surface area contributed by atoms with Crippen LogP contribution in [-0.4, -0.2) is 47.5 Å². The van der Waals surface area contributed by atoms with Crippen molar-refractivity contribution >= 4 is 5.78 Å². The molecule has 0 N–H and O–H groups in total. The molecule has 1 fully saturated rings. The Morgan fingerprint density at radius 3 is 2.36 bits per heavy atom. The number of likely N-dealkylation sites (tertiary alicyclic amines) is 1. The van der Waals surface area contributed by atoms with Gasteiger partial charge in [0.15, 0.2) is 5.82 Å². The van der Waals surface area contributed by atoms with E-state index in [0.29, 0.717) is 23.3 Å². The van der Waals surface area contributed by atoms with Crippen molar-refractivity contribution in [2.24, 2.45) is 0 Å². The third kappa shape index (κ3) is 4.70. The molecule has 0 aliphatic carbocycles. The summed E-state index contributed by atoms with van der Waals surface area (Å²) in [6.07, 6.45) is 7.56. The zero-order chi connectivity index (χ0) is 26.0. The molecule has 1 saturated heterocycles. The summed E-state index contributed by atoms with van der Waals surface area (Å²) in [5.74, 6) is 2.29. The van der Waals surface area contributed by atoms with Gasteiger partial charge >= 0.3 is 0 Å². The highest BCUT2D eigenvalue weighted by atomic mass is 16.5. The number of imidazole rings is 1. The molecule has 0 atom stereocenters. The van der Waals surface area contributed by atoms with Crippen LogP contribution in [0.15, 0.2) is 102 Å². The molecule has 192 valence electrons. The van der Waals surface area contributed by atoms with Crippen molar-refractivity contribution in [3.8, 4) is 34.1 Å². The van der Waals surface area contributed by atoms with E-state index in [1.165, 1.54) is 5.56 Å². The minimum absolute atomic E-state index is 0.310. The van der Waals surface area contributed by atoms with Gasteiger partial charge in [-0.2, -0.15) is 4.98 Å². The second-order valence-electron chi connectivity index (χ2n) is 9.88. The van der Waals surface area contributed by atoms with E-state index < -0.39 is 0 Å². The summed E-state index contributed by atoms with van der Waals surface area (Å²) >= 11 is 0. The molecule has 5 heterocycles. The quantitative estimate of drug-likeness (QED) is 0.275. The topological polar surface area (TPSA) is 85.2 Å². The van der Waals surface area contributed by atoms with Gasteiger partial charge < -0.3 is 4.52 Å². The van der Waals surface area contributed by atoms with Gasteiger partial charge in [-0.15, -0.1) is 0 Å². The maximum absolute atomic E-state index is 5.48. The molecule has 39 heavy (non-hydrogen) atoms. The van der Waals surface area contributed by atoms with Crippen LogP contribution >= 0.6 is 0 Å². The van der Waals surface area contributed by atoms with E-state index in [-0.39, 0.29) is 0 Å². The van der Waals surface area contributed by atoms with Crippen molar-refractivity contribution in [1.82, 2.24) is 34.4 Å². The van der Waals surface area contributed by atoms with Crippen LogP contribution in [0, 0.1) is 0 Å². The summed E-state index contributed by atoms with van der Waals surface area (Å²) in [6.45, 7) is 2.91. The monoisotopic (exact) mass is 513 g/mol. The normalized spacial score (nSPS) is 14.7. The highest BCUT2D eigenvalue weighted by Gasteiger charge is 2.25. The SMILES string of the molecule is c1ccc(-c2c(-c3ccc(CN4CCC(c5noc(-c6ccccn6)n5)CC4)cc3)nc3ncccn23)cc1. The fraction of sp³-hybridized carbons (Fsp3) is 0.194. The summed E-state index contributed by atoms with van der Waals surface area (Å²) in [5.41, 5.74) is 6.21. The van der Waals surface area contributed by atoms with Crippen molar-refractivity contribution < 1.29 is 4.52 Å². The van der Waals surface area contributed by atoms with Crippen LogP contribution in [0.1, 0.15) is 30.1 Å². The van der Waals surface area contributed by atoms with Gasteiger partial charge in [-0.05, 0) is 49.7 Å². The minimum atomic E-state index is 0.310. The third-order valence-electron chi connectivity index (χ3n) is 7.36. The second kappa shape index (κ2) is 10.2. The first-order chi connectivity index (χ1) is 19.3. The van der Waals surface area contributed by atoms with Crippen molar-refractivity contribution in [2.75, 3.05) is 13.1 Å². The first-order valence-electron chi connectivity index (χ1n) is 13.3. The number of pyridine rings is 1. The van der Waals surface area contributed by atoms with Gasteiger partial charge in [-0.25, -0.2) is 9.97 Å². The molecule has 0 radical (unpaired) electrons. The van der Waals surface area contributed by atoms with Crippen LogP contribution in [-0.2, 0) is 6.54 Å². The van der Waals surface area contributed by atoms with Gasteiger partial charge in [0.1, 0.15) is 5.69 Å². The average Bonchev–Trinajstić information content (AvgIpc) is 3.65. The highest BCUT2D eigenvalue weighted by Crippen LogP contribution is 2.33. The van der Waals surface area contributed by atoms with E-state index in [4.69, 9.17) is 9.51 Å². The Kier molecular flexibility index (Phi) is 6.14. The smallest absolute Gasteiger partial charge is 0.276 e. The van der Waals surface area contributed by atoms with E-state index in [2.05, 4.69) is 77.9 Å². The molecule has 1 aliphatic heterocycles. The van der Waals surface area contributed by atoms with E-state index in [0.717, 1.165) is 60.8 Å².